The third kappa shape index (κ3) is 2.62. The van der Waals surface area contributed by atoms with Crippen LogP contribution in [-0.4, -0.2) is 13.1 Å². The molecule has 0 atom stereocenters. The molecule has 3 nitrogen and oxygen atoms in total. The Morgan fingerprint density at radius 2 is 1.95 bits per heavy atom. The number of esters is 1. The molecule has 0 aliphatic heterocycles. The SMILES string of the molecule is COC(=O)c1sc(-c2ccccc2C(F)(F)F)cc1N. The first kappa shape index (κ1) is 14.4. The molecule has 1 aromatic heterocycles. The van der Waals surface area contributed by atoms with Crippen LogP contribution in [0.1, 0.15) is 15.2 Å². The summed E-state index contributed by atoms with van der Waals surface area (Å²) >= 11 is 0.876. The Hall–Kier alpha value is -2.02. The number of thiophene rings is 1. The molecule has 0 saturated carbocycles. The van der Waals surface area contributed by atoms with E-state index < -0.39 is 17.7 Å². The fraction of sp³-hybridized carbons (Fsp3) is 0.154. The summed E-state index contributed by atoms with van der Waals surface area (Å²) in [5.74, 6) is -0.664. The summed E-state index contributed by atoms with van der Waals surface area (Å²) in [6.45, 7) is 0. The van der Waals surface area contributed by atoms with Gasteiger partial charge in [-0.2, -0.15) is 13.2 Å². The molecule has 2 rings (SSSR count). The van der Waals surface area contributed by atoms with Crippen molar-refractivity contribution in [1.29, 1.82) is 0 Å². The minimum Gasteiger partial charge on any atom is -0.465 e. The Labute approximate surface area is 116 Å². The number of nitrogens with two attached hydrogens (primary N) is 1. The third-order valence-electron chi connectivity index (χ3n) is 2.63. The number of alkyl halides is 3. The number of rotatable bonds is 2. The Morgan fingerprint density at radius 1 is 1.30 bits per heavy atom. The molecule has 0 bridgehead atoms. The average molecular weight is 301 g/mol. The Morgan fingerprint density at radius 3 is 2.55 bits per heavy atom. The summed E-state index contributed by atoms with van der Waals surface area (Å²) in [6.07, 6.45) is -4.47. The minimum absolute atomic E-state index is 0.00754. The predicted octanol–water partition coefficient (Wildman–Crippen LogP) is 3.80. The molecule has 7 heteroatoms. The third-order valence-corrected chi connectivity index (χ3v) is 3.79. The number of hydrogen-bond donors (Lipinski definition) is 1. The van der Waals surface area contributed by atoms with Crippen molar-refractivity contribution in [3.05, 3.63) is 40.8 Å². The van der Waals surface area contributed by atoms with Gasteiger partial charge < -0.3 is 10.5 Å². The quantitative estimate of drug-likeness (QED) is 0.858. The van der Waals surface area contributed by atoms with Crippen LogP contribution < -0.4 is 5.73 Å². The number of ether oxygens (including phenoxy) is 1. The molecule has 2 N–H and O–H groups in total. The fourth-order valence-electron chi connectivity index (χ4n) is 1.74. The molecular weight excluding hydrogens is 291 g/mol. The van der Waals surface area contributed by atoms with Crippen LogP contribution in [0.5, 0.6) is 0 Å². The van der Waals surface area contributed by atoms with E-state index in [0.29, 0.717) is 0 Å². The van der Waals surface area contributed by atoms with Gasteiger partial charge in [-0.1, -0.05) is 18.2 Å². The number of carbonyl (C=O) groups excluding carboxylic acids is 1. The van der Waals surface area contributed by atoms with Crippen molar-refractivity contribution >= 4 is 23.0 Å². The molecule has 1 heterocycles. The molecule has 0 saturated heterocycles. The first-order valence-corrected chi connectivity index (χ1v) is 6.30. The summed E-state index contributed by atoms with van der Waals surface area (Å²) in [5, 5.41) is 0. The lowest BCUT2D eigenvalue weighted by Gasteiger charge is -2.10. The molecule has 0 aliphatic carbocycles. The van der Waals surface area contributed by atoms with E-state index in [-0.39, 0.29) is 21.0 Å². The van der Waals surface area contributed by atoms with Crippen molar-refractivity contribution in [2.45, 2.75) is 6.18 Å². The maximum Gasteiger partial charge on any atom is 0.417 e. The second-order valence-corrected chi connectivity index (χ2v) is 4.98. The van der Waals surface area contributed by atoms with Gasteiger partial charge in [0.25, 0.3) is 0 Å². The molecule has 20 heavy (non-hydrogen) atoms. The molecule has 106 valence electrons. The number of hydrogen-bond acceptors (Lipinski definition) is 4. The summed E-state index contributed by atoms with van der Waals surface area (Å²) in [6, 6.07) is 6.49. The summed E-state index contributed by atoms with van der Waals surface area (Å²) in [4.78, 5) is 11.8. The van der Waals surface area contributed by atoms with Crippen molar-refractivity contribution in [2.24, 2.45) is 0 Å². The lowest BCUT2D eigenvalue weighted by molar-refractivity contribution is -0.137. The van der Waals surface area contributed by atoms with Gasteiger partial charge in [-0.15, -0.1) is 11.3 Å². The lowest BCUT2D eigenvalue weighted by atomic mass is 10.1. The van der Waals surface area contributed by atoms with Gasteiger partial charge in [0.1, 0.15) is 4.88 Å². The smallest absolute Gasteiger partial charge is 0.417 e. The highest BCUT2D eigenvalue weighted by Gasteiger charge is 2.34. The molecule has 0 unspecified atom stereocenters. The van der Waals surface area contributed by atoms with Crippen molar-refractivity contribution in [2.75, 3.05) is 12.8 Å². The minimum atomic E-state index is -4.47. The predicted molar refractivity (Wildman–Crippen MR) is 70.5 cm³/mol. The molecule has 1 aromatic carbocycles. The van der Waals surface area contributed by atoms with E-state index in [9.17, 15) is 18.0 Å². The van der Waals surface area contributed by atoms with E-state index in [2.05, 4.69) is 4.74 Å². The van der Waals surface area contributed by atoms with Crippen LogP contribution in [0.4, 0.5) is 18.9 Å². The van der Waals surface area contributed by atoms with Crippen molar-refractivity contribution in [3.8, 4) is 10.4 Å². The highest BCUT2D eigenvalue weighted by molar-refractivity contribution is 7.18. The Kier molecular flexibility index (Phi) is 3.71. The van der Waals surface area contributed by atoms with Gasteiger partial charge in [0, 0.05) is 10.4 Å². The number of halogens is 3. The molecule has 0 fully saturated rings. The van der Waals surface area contributed by atoms with Crippen molar-refractivity contribution in [1.82, 2.24) is 0 Å². The Bertz CT molecular complexity index is 649. The lowest BCUT2D eigenvalue weighted by Crippen LogP contribution is -2.06. The number of carbonyl (C=O) groups is 1. The number of benzene rings is 1. The average Bonchev–Trinajstić information content (AvgIpc) is 2.79. The van der Waals surface area contributed by atoms with E-state index in [1.807, 2.05) is 0 Å². The van der Waals surface area contributed by atoms with Gasteiger partial charge in [-0.3, -0.25) is 0 Å². The van der Waals surface area contributed by atoms with E-state index in [1.54, 1.807) is 0 Å². The zero-order valence-corrected chi connectivity index (χ0v) is 11.1. The monoisotopic (exact) mass is 301 g/mol. The van der Waals surface area contributed by atoms with E-state index in [0.717, 1.165) is 17.4 Å². The zero-order chi connectivity index (χ0) is 14.9. The van der Waals surface area contributed by atoms with Crippen LogP contribution >= 0.6 is 11.3 Å². The molecule has 0 spiro atoms. The van der Waals surface area contributed by atoms with E-state index in [1.165, 1.54) is 31.4 Å². The standard InChI is InChI=1S/C13H10F3NO2S/c1-19-12(18)11-9(17)6-10(20-11)7-4-2-3-5-8(7)13(14,15)16/h2-6H,17H2,1H3. The number of anilines is 1. The van der Waals surface area contributed by atoms with Gasteiger partial charge in [0.15, 0.2) is 0 Å². The van der Waals surface area contributed by atoms with Gasteiger partial charge in [-0.05, 0) is 12.1 Å². The second kappa shape index (κ2) is 5.16. The molecule has 2 aromatic rings. The van der Waals surface area contributed by atoms with Crippen molar-refractivity contribution < 1.29 is 22.7 Å². The van der Waals surface area contributed by atoms with E-state index >= 15 is 0 Å². The molecular formula is C13H10F3NO2S. The molecule has 0 radical (unpaired) electrons. The first-order chi connectivity index (χ1) is 9.34. The molecule has 0 amide bonds. The van der Waals surface area contributed by atoms with Crippen LogP contribution in [0.15, 0.2) is 30.3 Å². The van der Waals surface area contributed by atoms with Crippen LogP contribution in [-0.2, 0) is 10.9 Å². The molecule has 0 aliphatic rings. The van der Waals surface area contributed by atoms with Crippen LogP contribution in [0, 0.1) is 0 Å². The number of nitrogen functional groups attached to an aromatic ring is 1. The van der Waals surface area contributed by atoms with Crippen LogP contribution in [0.3, 0.4) is 0 Å². The van der Waals surface area contributed by atoms with Crippen molar-refractivity contribution in [3.63, 3.8) is 0 Å². The van der Waals surface area contributed by atoms with Gasteiger partial charge >= 0.3 is 12.1 Å². The zero-order valence-electron chi connectivity index (χ0n) is 10.3. The Balaban J connectivity index is 2.56. The highest BCUT2D eigenvalue weighted by atomic mass is 32.1. The van der Waals surface area contributed by atoms with Gasteiger partial charge in [0.05, 0.1) is 18.4 Å². The fourth-order valence-corrected chi connectivity index (χ4v) is 2.77. The summed E-state index contributed by atoms with van der Waals surface area (Å²) < 4.78 is 43.4. The summed E-state index contributed by atoms with van der Waals surface area (Å²) in [7, 11) is 1.19. The first-order valence-electron chi connectivity index (χ1n) is 5.49. The van der Waals surface area contributed by atoms with Crippen LogP contribution in [0.2, 0.25) is 0 Å². The number of methoxy groups -OCH3 is 1. The largest absolute Gasteiger partial charge is 0.465 e. The topological polar surface area (TPSA) is 52.3 Å². The maximum atomic E-state index is 12.9. The van der Waals surface area contributed by atoms with Crippen LogP contribution in [0.25, 0.3) is 10.4 Å². The van der Waals surface area contributed by atoms with Gasteiger partial charge in [0.2, 0.25) is 0 Å². The second-order valence-electron chi connectivity index (χ2n) is 3.93. The normalized spacial score (nSPS) is 11.4. The van der Waals surface area contributed by atoms with E-state index in [4.69, 9.17) is 5.73 Å². The maximum absolute atomic E-state index is 12.9. The van der Waals surface area contributed by atoms with Gasteiger partial charge in [-0.25, -0.2) is 4.79 Å². The summed E-state index contributed by atoms with van der Waals surface area (Å²) in [5.41, 5.74) is 4.97. The highest BCUT2D eigenvalue weighted by Crippen LogP contribution is 2.41.